The lowest BCUT2D eigenvalue weighted by molar-refractivity contribution is 0.0824. The Morgan fingerprint density at radius 2 is 2.27 bits per heavy atom. The lowest BCUT2D eigenvalue weighted by atomic mass is 10.1. The van der Waals surface area contributed by atoms with Crippen LogP contribution in [0.1, 0.15) is 18.7 Å². The van der Waals surface area contributed by atoms with Gasteiger partial charge in [0.05, 0.1) is 17.6 Å². The molecule has 1 heterocycles. The van der Waals surface area contributed by atoms with E-state index in [1.54, 1.807) is 27.0 Å². The Morgan fingerprint density at radius 3 is 2.55 bits per heavy atom. The van der Waals surface area contributed by atoms with Crippen molar-refractivity contribution in [3.8, 4) is 5.88 Å². The summed E-state index contributed by atoms with van der Waals surface area (Å²) in [5.41, 5.74) is -0.811. The van der Waals surface area contributed by atoms with E-state index >= 15 is 0 Å². The number of aromatic nitrogens is 1. The van der Waals surface area contributed by atoms with Gasteiger partial charge in [-0.05, 0) is 25.4 Å². The molecule has 11 heavy (non-hydrogen) atoms. The topological polar surface area (TPSA) is 42.4 Å². The number of hydrogen-bond donors (Lipinski definition) is 1. The van der Waals surface area contributed by atoms with Gasteiger partial charge in [0.25, 0.3) is 0 Å². The van der Waals surface area contributed by atoms with Crippen LogP contribution in [0.3, 0.4) is 0 Å². The highest BCUT2D eigenvalue weighted by molar-refractivity contribution is 7.06. The van der Waals surface area contributed by atoms with Gasteiger partial charge < -0.3 is 9.84 Å². The van der Waals surface area contributed by atoms with E-state index in [-0.39, 0.29) is 0 Å². The lowest BCUT2D eigenvalue weighted by Gasteiger charge is -2.12. The molecule has 0 aromatic carbocycles. The molecule has 0 fully saturated rings. The van der Waals surface area contributed by atoms with Gasteiger partial charge in [-0.25, -0.2) is 0 Å². The average molecular weight is 173 g/mol. The average Bonchev–Trinajstić information content (AvgIpc) is 2.32. The zero-order valence-electron chi connectivity index (χ0n) is 6.79. The van der Waals surface area contributed by atoms with Crippen molar-refractivity contribution in [3.63, 3.8) is 0 Å². The van der Waals surface area contributed by atoms with Gasteiger partial charge in [0, 0.05) is 6.07 Å². The second kappa shape index (κ2) is 2.79. The number of aliphatic hydroxyl groups is 1. The first-order valence-corrected chi connectivity index (χ1v) is 4.05. The first-order chi connectivity index (χ1) is 5.04. The normalized spacial score (nSPS) is 11.6. The Morgan fingerprint density at radius 1 is 1.64 bits per heavy atom. The molecule has 0 aliphatic heterocycles. The van der Waals surface area contributed by atoms with E-state index in [2.05, 4.69) is 4.37 Å². The van der Waals surface area contributed by atoms with Crippen LogP contribution in [0.25, 0.3) is 0 Å². The van der Waals surface area contributed by atoms with Gasteiger partial charge in [-0.1, -0.05) is 0 Å². The van der Waals surface area contributed by atoms with Crippen molar-refractivity contribution in [2.45, 2.75) is 19.4 Å². The highest BCUT2D eigenvalue weighted by Gasteiger charge is 2.19. The minimum Gasteiger partial charge on any atom is -0.480 e. The SMILES string of the molecule is COc1cc(C(C)(C)O)sn1. The third-order valence-corrected chi connectivity index (χ3v) is 2.39. The molecule has 0 saturated carbocycles. The van der Waals surface area contributed by atoms with Crippen LogP contribution in [0.15, 0.2) is 6.07 Å². The number of nitrogens with zero attached hydrogens (tertiary/aromatic N) is 1. The van der Waals surface area contributed by atoms with Gasteiger partial charge in [-0.3, -0.25) is 0 Å². The van der Waals surface area contributed by atoms with Crippen molar-refractivity contribution < 1.29 is 9.84 Å². The van der Waals surface area contributed by atoms with Crippen LogP contribution in [0, 0.1) is 0 Å². The van der Waals surface area contributed by atoms with Crippen molar-refractivity contribution in [2.75, 3.05) is 7.11 Å². The predicted molar refractivity (Wildman–Crippen MR) is 43.9 cm³/mol. The zero-order chi connectivity index (χ0) is 8.48. The summed E-state index contributed by atoms with van der Waals surface area (Å²) in [5.74, 6) is 0.562. The summed E-state index contributed by atoms with van der Waals surface area (Å²) >= 11 is 1.26. The fraction of sp³-hybridized carbons (Fsp3) is 0.571. The quantitative estimate of drug-likeness (QED) is 0.734. The van der Waals surface area contributed by atoms with Crippen molar-refractivity contribution in [1.82, 2.24) is 4.37 Å². The van der Waals surface area contributed by atoms with Crippen molar-refractivity contribution in [2.24, 2.45) is 0 Å². The minimum absolute atomic E-state index is 0.562. The summed E-state index contributed by atoms with van der Waals surface area (Å²) in [4.78, 5) is 0.814. The fourth-order valence-electron chi connectivity index (χ4n) is 0.644. The van der Waals surface area contributed by atoms with Crippen molar-refractivity contribution in [3.05, 3.63) is 10.9 Å². The van der Waals surface area contributed by atoms with E-state index in [4.69, 9.17) is 4.74 Å². The molecule has 0 bridgehead atoms. The second-order valence-corrected chi connectivity index (χ2v) is 3.60. The second-order valence-electron chi connectivity index (χ2n) is 2.79. The number of ether oxygens (including phenoxy) is 1. The number of rotatable bonds is 2. The van der Waals surface area contributed by atoms with Crippen molar-refractivity contribution in [1.29, 1.82) is 0 Å². The summed E-state index contributed by atoms with van der Waals surface area (Å²) in [6, 6.07) is 1.74. The zero-order valence-corrected chi connectivity index (χ0v) is 7.60. The molecule has 0 spiro atoms. The van der Waals surface area contributed by atoms with E-state index in [0.29, 0.717) is 5.88 Å². The summed E-state index contributed by atoms with van der Waals surface area (Å²) in [6.07, 6.45) is 0. The minimum atomic E-state index is -0.811. The van der Waals surface area contributed by atoms with Gasteiger partial charge in [0.15, 0.2) is 0 Å². The third kappa shape index (κ3) is 1.91. The molecule has 62 valence electrons. The monoisotopic (exact) mass is 173 g/mol. The van der Waals surface area contributed by atoms with E-state index in [0.717, 1.165) is 4.88 Å². The molecule has 0 aliphatic rings. The first kappa shape index (κ1) is 8.49. The maximum atomic E-state index is 9.51. The van der Waals surface area contributed by atoms with Crippen LogP contribution in [-0.4, -0.2) is 16.6 Å². The Bertz CT molecular complexity index is 239. The summed E-state index contributed by atoms with van der Waals surface area (Å²) in [7, 11) is 1.56. The molecule has 0 atom stereocenters. The summed E-state index contributed by atoms with van der Waals surface area (Å²) < 4.78 is 8.84. The van der Waals surface area contributed by atoms with Crippen LogP contribution in [0.5, 0.6) is 5.88 Å². The Labute approximate surface area is 69.8 Å². The smallest absolute Gasteiger partial charge is 0.225 e. The first-order valence-electron chi connectivity index (χ1n) is 3.27. The lowest BCUT2D eigenvalue weighted by Crippen LogP contribution is -2.12. The molecule has 4 heteroatoms. The van der Waals surface area contributed by atoms with Crippen molar-refractivity contribution >= 4 is 11.5 Å². The standard InChI is InChI=1S/C7H11NO2S/c1-7(2,9)5-4-6(10-3)8-11-5/h4,9H,1-3H3. The highest BCUT2D eigenvalue weighted by atomic mass is 32.1. The van der Waals surface area contributed by atoms with Crippen LogP contribution < -0.4 is 4.74 Å². The van der Waals surface area contributed by atoms with Gasteiger partial charge >= 0.3 is 0 Å². The van der Waals surface area contributed by atoms with Gasteiger partial charge in [-0.15, -0.1) is 0 Å². The molecule has 0 aliphatic carbocycles. The Balaban J connectivity index is 2.89. The number of hydrogen-bond acceptors (Lipinski definition) is 4. The molecule has 3 nitrogen and oxygen atoms in total. The van der Waals surface area contributed by atoms with E-state index in [9.17, 15) is 5.11 Å². The van der Waals surface area contributed by atoms with Gasteiger partial charge in [0.1, 0.15) is 0 Å². The van der Waals surface area contributed by atoms with Crippen LogP contribution in [-0.2, 0) is 5.60 Å². The van der Waals surface area contributed by atoms with E-state index < -0.39 is 5.60 Å². The Hall–Kier alpha value is -0.610. The van der Waals surface area contributed by atoms with E-state index in [1.165, 1.54) is 11.5 Å². The van der Waals surface area contributed by atoms with E-state index in [1.807, 2.05) is 0 Å². The molecule has 0 saturated heterocycles. The molecule has 0 amide bonds. The summed E-state index contributed by atoms with van der Waals surface area (Å²) in [6.45, 7) is 3.44. The van der Waals surface area contributed by atoms with Gasteiger partial charge in [0.2, 0.25) is 5.88 Å². The Kier molecular flexibility index (Phi) is 2.15. The maximum Gasteiger partial charge on any atom is 0.225 e. The van der Waals surface area contributed by atoms with Crippen LogP contribution in [0.4, 0.5) is 0 Å². The van der Waals surface area contributed by atoms with Crippen LogP contribution >= 0.6 is 11.5 Å². The largest absolute Gasteiger partial charge is 0.480 e. The maximum absolute atomic E-state index is 9.51. The van der Waals surface area contributed by atoms with Gasteiger partial charge in [-0.2, -0.15) is 4.37 Å². The molecular formula is C7H11NO2S. The van der Waals surface area contributed by atoms with Crippen LogP contribution in [0.2, 0.25) is 0 Å². The highest BCUT2D eigenvalue weighted by Crippen LogP contribution is 2.26. The fourth-order valence-corrected chi connectivity index (χ4v) is 1.34. The molecule has 1 rings (SSSR count). The molecule has 0 radical (unpaired) electrons. The molecule has 1 aromatic heterocycles. The number of methoxy groups -OCH3 is 1. The predicted octanol–water partition coefficient (Wildman–Crippen LogP) is 1.38. The molecule has 0 unspecified atom stereocenters. The molecule has 1 aromatic rings. The molecular weight excluding hydrogens is 162 g/mol. The molecule has 1 N–H and O–H groups in total. The summed E-state index contributed by atoms with van der Waals surface area (Å²) in [5, 5.41) is 9.51. The third-order valence-electron chi connectivity index (χ3n) is 1.30.